The van der Waals surface area contributed by atoms with Crippen molar-refractivity contribution in [2.45, 2.75) is 37.3 Å². The number of carbonyl (C=O) groups is 1. The van der Waals surface area contributed by atoms with Gasteiger partial charge in [-0.1, -0.05) is 19.0 Å². The van der Waals surface area contributed by atoms with Crippen LogP contribution in [0.3, 0.4) is 0 Å². The molecule has 0 aromatic carbocycles. The molecule has 18 heavy (non-hydrogen) atoms. The second kappa shape index (κ2) is 6.19. The number of hydrogen-bond acceptors (Lipinski definition) is 6. The Hall–Kier alpha value is -1.08. The Morgan fingerprint density at radius 3 is 3.11 bits per heavy atom. The van der Waals surface area contributed by atoms with Crippen LogP contribution in [0.5, 0.6) is 0 Å². The van der Waals surface area contributed by atoms with Gasteiger partial charge >= 0.3 is 0 Å². The lowest BCUT2D eigenvalue weighted by atomic mass is 10.2. The first kappa shape index (κ1) is 13.4. The second-order valence-corrected chi connectivity index (χ2v) is 5.74. The Labute approximate surface area is 110 Å². The molecular formula is C11H18N4O2S. The molecule has 100 valence electrons. The molecule has 0 aliphatic carbocycles. The molecule has 2 heterocycles. The lowest BCUT2D eigenvalue weighted by Crippen LogP contribution is -2.47. The van der Waals surface area contributed by atoms with E-state index >= 15 is 0 Å². The fourth-order valence-corrected chi connectivity index (χ4v) is 2.33. The van der Waals surface area contributed by atoms with E-state index in [2.05, 4.69) is 34.6 Å². The second-order valence-electron chi connectivity index (χ2n) is 4.32. The highest BCUT2D eigenvalue weighted by Crippen LogP contribution is 2.19. The maximum Gasteiger partial charge on any atom is 0.245 e. The van der Waals surface area contributed by atoms with Crippen LogP contribution in [0.4, 0.5) is 0 Å². The third-order valence-corrected chi connectivity index (χ3v) is 4.19. The molecule has 0 saturated carbocycles. The molecule has 1 amide bonds. The minimum absolute atomic E-state index is 0.00156. The average molecular weight is 270 g/mol. The molecule has 1 aromatic rings. The van der Waals surface area contributed by atoms with Gasteiger partial charge in [-0.15, -0.1) is 0 Å². The van der Waals surface area contributed by atoms with Crippen LogP contribution in [-0.2, 0) is 10.5 Å². The first-order chi connectivity index (χ1) is 8.69. The van der Waals surface area contributed by atoms with Gasteiger partial charge in [0.25, 0.3) is 0 Å². The largest absolute Gasteiger partial charge is 0.353 e. The zero-order valence-corrected chi connectivity index (χ0v) is 11.4. The van der Waals surface area contributed by atoms with E-state index in [0.717, 1.165) is 12.2 Å². The van der Waals surface area contributed by atoms with Gasteiger partial charge in [-0.25, -0.2) is 0 Å². The minimum Gasteiger partial charge on any atom is -0.353 e. The number of piperazine rings is 1. The van der Waals surface area contributed by atoms with Gasteiger partial charge in [-0.3, -0.25) is 10.1 Å². The number of carbonyl (C=O) groups excluding carboxylic acids is 1. The topological polar surface area (TPSA) is 80.0 Å². The SMILES string of the molecule is CCC(C)SCc1noc(C2CNC(=O)CN2)n1. The molecule has 1 saturated heterocycles. The van der Waals surface area contributed by atoms with Gasteiger partial charge < -0.3 is 9.84 Å². The highest BCUT2D eigenvalue weighted by Gasteiger charge is 2.23. The highest BCUT2D eigenvalue weighted by molar-refractivity contribution is 7.99. The van der Waals surface area contributed by atoms with Crippen molar-refractivity contribution in [2.75, 3.05) is 13.1 Å². The Morgan fingerprint density at radius 2 is 2.44 bits per heavy atom. The van der Waals surface area contributed by atoms with Gasteiger partial charge in [0.15, 0.2) is 5.82 Å². The molecule has 0 radical (unpaired) electrons. The number of nitrogens with one attached hydrogen (secondary N) is 2. The number of aromatic nitrogens is 2. The van der Waals surface area contributed by atoms with Crippen LogP contribution in [0.15, 0.2) is 4.52 Å². The van der Waals surface area contributed by atoms with Crippen LogP contribution in [0.25, 0.3) is 0 Å². The van der Waals surface area contributed by atoms with Crippen molar-refractivity contribution in [3.05, 3.63) is 11.7 Å². The van der Waals surface area contributed by atoms with E-state index in [4.69, 9.17) is 4.52 Å². The lowest BCUT2D eigenvalue weighted by Gasteiger charge is -2.20. The van der Waals surface area contributed by atoms with Crippen molar-refractivity contribution in [3.63, 3.8) is 0 Å². The molecule has 1 aromatic heterocycles. The molecule has 1 aliphatic heterocycles. The highest BCUT2D eigenvalue weighted by atomic mass is 32.2. The summed E-state index contributed by atoms with van der Waals surface area (Å²) in [6.45, 7) is 5.14. The first-order valence-corrected chi connectivity index (χ1v) is 7.18. The van der Waals surface area contributed by atoms with Crippen LogP contribution >= 0.6 is 11.8 Å². The summed E-state index contributed by atoms with van der Waals surface area (Å²) >= 11 is 1.81. The van der Waals surface area contributed by atoms with Crippen LogP contribution in [-0.4, -0.2) is 34.4 Å². The standard InChI is InChI=1S/C11H18N4O2S/c1-3-7(2)18-6-9-14-11(17-15-9)8-4-13-10(16)5-12-8/h7-8,12H,3-6H2,1-2H3,(H,13,16). The molecule has 0 bridgehead atoms. The summed E-state index contributed by atoms with van der Waals surface area (Å²) in [6, 6.07) is -0.0717. The summed E-state index contributed by atoms with van der Waals surface area (Å²) < 4.78 is 5.22. The van der Waals surface area contributed by atoms with E-state index < -0.39 is 0 Å². The summed E-state index contributed by atoms with van der Waals surface area (Å²) in [6.07, 6.45) is 1.13. The number of nitrogens with zero attached hydrogens (tertiary/aromatic N) is 2. The van der Waals surface area contributed by atoms with Gasteiger partial charge in [0.1, 0.15) is 6.04 Å². The van der Waals surface area contributed by atoms with E-state index in [9.17, 15) is 4.79 Å². The third kappa shape index (κ3) is 3.46. The monoisotopic (exact) mass is 270 g/mol. The van der Waals surface area contributed by atoms with Crippen molar-refractivity contribution in [1.82, 2.24) is 20.8 Å². The van der Waals surface area contributed by atoms with Gasteiger partial charge in [-0.05, 0) is 6.42 Å². The Bertz CT molecular complexity index is 400. The van der Waals surface area contributed by atoms with Crippen molar-refractivity contribution < 1.29 is 9.32 Å². The minimum atomic E-state index is -0.0717. The van der Waals surface area contributed by atoms with Gasteiger partial charge in [-0.2, -0.15) is 16.7 Å². The maximum atomic E-state index is 11.0. The maximum absolute atomic E-state index is 11.0. The molecule has 1 aliphatic rings. The van der Waals surface area contributed by atoms with Crippen molar-refractivity contribution in [1.29, 1.82) is 0 Å². The van der Waals surface area contributed by atoms with Crippen molar-refractivity contribution >= 4 is 17.7 Å². The normalized spacial score (nSPS) is 21.7. The average Bonchev–Trinajstić information content (AvgIpc) is 2.85. The first-order valence-electron chi connectivity index (χ1n) is 6.13. The lowest BCUT2D eigenvalue weighted by molar-refractivity contribution is -0.121. The molecule has 7 heteroatoms. The fourth-order valence-electron chi connectivity index (χ4n) is 1.54. The summed E-state index contributed by atoms with van der Waals surface area (Å²) in [5.74, 6) is 2.03. The molecule has 1 fully saturated rings. The van der Waals surface area contributed by atoms with E-state index in [0.29, 0.717) is 30.1 Å². The zero-order valence-electron chi connectivity index (χ0n) is 10.6. The molecule has 6 nitrogen and oxygen atoms in total. The summed E-state index contributed by atoms with van der Waals surface area (Å²) in [5.41, 5.74) is 0. The summed E-state index contributed by atoms with van der Waals surface area (Å²) in [4.78, 5) is 15.4. The van der Waals surface area contributed by atoms with Crippen LogP contribution in [0.2, 0.25) is 0 Å². The third-order valence-electron chi connectivity index (χ3n) is 2.87. The Balaban J connectivity index is 1.87. The van der Waals surface area contributed by atoms with Gasteiger partial charge in [0.05, 0.1) is 12.3 Å². The van der Waals surface area contributed by atoms with Crippen LogP contribution in [0, 0.1) is 0 Å². The number of hydrogen-bond donors (Lipinski definition) is 2. The summed E-state index contributed by atoms with van der Waals surface area (Å²) in [7, 11) is 0. The molecule has 2 unspecified atom stereocenters. The van der Waals surface area contributed by atoms with E-state index in [1.807, 2.05) is 11.8 Å². The van der Waals surface area contributed by atoms with Crippen LogP contribution < -0.4 is 10.6 Å². The quantitative estimate of drug-likeness (QED) is 0.826. The summed E-state index contributed by atoms with van der Waals surface area (Å²) in [5, 5.41) is 10.4. The predicted octanol–water partition coefficient (Wildman–Crippen LogP) is 0.862. The van der Waals surface area contributed by atoms with E-state index in [1.54, 1.807) is 0 Å². The van der Waals surface area contributed by atoms with Crippen LogP contribution in [0.1, 0.15) is 38.0 Å². The predicted molar refractivity (Wildman–Crippen MR) is 69.1 cm³/mol. The zero-order chi connectivity index (χ0) is 13.0. The molecule has 2 rings (SSSR count). The van der Waals surface area contributed by atoms with Gasteiger partial charge in [0, 0.05) is 11.8 Å². The van der Waals surface area contributed by atoms with E-state index in [1.165, 1.54) is 0 Å². The molecular weight excluding hydrogens is 252 g/mol. The Morgan fingerprint density at radius 1 is 1.61 bits per heavy atom. The van der Waals surface area contributed by atoms with Gasteiger partial charge in [0.2, 0.25) is 11.8 Å². The molecule has 0 spiro atoms. The molecule has 2 N–H and O–H groups in total. The van der Waals surface area contributed by atoms with Crippen molar-refractivity contribution in [3.8, 4) is 0 Å². The fraction of sp³-hybridized carbons (Fsp3) is 0.727. The smallest absolute Gasteiger partial charge is 0.245 e. The van der Waals surface area contributed by atoms with Crippen molar-refractivity contribution in [2.24, 2.45) is 0 Å². The Kier molecular flexibility index (Phi) is 4.60. The van der Waals surface area contributed by atoms with E-state index in [-0.39, 0.29) is 11.9 Å². The molecule has 2 atom stereocenters. The number of thioether (sulfide) groups is 1. The number of rotatable bonds is 5. The number of amides is 1.